The highest BCUT2D eigenvalue weighted by molar-refractivity contribution is 9.09. The highest BCUT2D eigenvalue weighted by Crippen LogP contribution is 2.14. The molecule has 92 valence electrons. The van der Waals surface area contributed by atoms with E-state index >= 15 is 0 Å². The van der Waals surface area contributed by atoms with Gasteiger partial charge < -0.3 is 4.57 Å². The van der Waals surface area contributed by atoms with Crippen LogP contribution in [0, 0.1) is 6.92 Å². The second-order valence-electron chi connectivity index (χ2n) is 3.80. The van der Waals surface area contributed by atoms with Crippen molar-refractivity contribution in [1.29, 1.82) is 0 Å². The molecule has 1 aromatic rings. The van der Waals surface area contributed by atoms with E-state index in [0.29, 0.717) is 12.4 Å². The number of sulfonamides is 1. The largest absolute Gasteiger partial charge is 0.337 e. The molecule has 1 heterocycles. The maximum atomic E-state index is 12.1. The van der Waals surface area contributed by atoms with Crippen molar-refractivity contribution in [3.05, 3.63) is 12.0 Å². The number of imidazole rings is 1. The van der Waals surface area contributed by atoms with E-state index in [1.807, 2.05) is 6.92 Å². The fourth-order valence-electron chi connectivity index (χ4n) is 1.26. The number of rotatable bonds is 4. The van der Waals surface area contributed by atoms with Crippen molar-refractivity contribution >= 4 is 26.0 Å². The van der Waals surface area contributed by atoms with E-state index in [0.717, 1.165) is 0 Å². The number of aromatic nitrogens is 2. The lowest BCUT2D eigenvalue weighted by molar-refractivity contribution is 0.471. The maximum absolute atomic E-state index is 12.1. The summed E-state index contributed by atoms with van der Waals surface area (Å²) in [5, 5.41) is 0.100. The second-order valence-corrected chi connectivity index (χ2v) is 7.36. The van der Waals surface area contributed by atoms with E-state index in [-0.39, 0.29) is 9.85 Å². The molecule has 0 N–H and O–H groups in total. The van der Waals surface area contributed by atoms with Crippen molar-refractivity contribution in [2.45, 2.75) is 23.7 Å². The Kier molecular flexibility index (Phi) is 4.14. The average molecular weight is 310 g/mol. The van der Waals surface area contributed by atoms with Crippen LogP contribution in [0.2, 0.25) is 0 Å². The number of aryl methyl sites for hydroxylation is 2. The first-order valence-corrected chi connectivity index (χ1v) is 7.21. The summed E-state index contributed by atoms with van der Waals surface area (Å²) in [4.78, 5) is 4.14. The summed E-state index contributed by atoms with van der Waals surface area (Å²) in [6.45, 7) is 4.08. The van der Waals surface area contributed by atoms with E-state index < -0.39 is 10.0 Å². The lowest BCUT2D eigenvalue weighted by atomic mass is 10.5. The van der Waals surface area contributed by atoms with Gasteiger partial charge in [-0.05, 0) is 6.92 Å². The minimum absolute atomic E-state index is 0.100. The van der Waals surface area contributed by atoms with Crippen LogP contribution in [0.1, 0.15) is 12.7 Å². The Morgan fingerprint density at radius 1 is 1.62 bits per heavy atom. The van der Waals surface area contributed by atoms with Crippen LogP contribution >= 0.6 is 15.9 Å². The Hall–Kier alpha value is -0.400. The predicted octanol–water partition coefficient (Wildman–Crippen LogP) is 1.13. The zero-order valence-corrected chi connectivity index (χ0v) is 12.2. The van der Waals surface area contributed by atoms with Gasteiger partial charge in [0.1, 0.15) is 5.82 Å². The molecule has 0 radical (unpaired) electrons. The summed E-state index contributed by atoms with van der Waals surface area (Å²) in [6, 6.07) is 0. The van der Waals surface area contributed by atoms with Gasteiger partial charge in [0.15, 0.2) is 5.03 Å². The highest BCUT2D eigenvalue weighted by Gasteiger charge is 2.24. The van der Waals surface area contributed by atoms with Crippen LogP contribution in [-0.4, -0.2) is 40.7 Å². The molecule has 7 heteroatoms. The van der Waals surface area contributed by atoms with Gasteiger partial charge in [-0.25, -0.2) is 13.4 Å². The van der Waals surface area contributed by atoms with Gasteiger partial charge in [0, 0.05) is 31.7 Å². The van der Waals surface area contributed by atoms with Crippen molar-refractivity contribution in [3.63, 3.8) is 0 Å². The second kappa shape index (κ2) is 4.85. The first-order chi connectivity index (χ1) is 7.25. The number of hydrogen-bond donors (Lipinski definition) is 0. The number of alkyl halides is 1. The first kappa shape index (κ1) is 13.7. The fraction of sp³-hybridized carbons (Fsp3) is 0.667. The van der Waals surface area contributed by atoms with Crippen LogP contribution in [-0.2, 0) is 17.1 Å². The highest BCUT2D eigenvalue weighted by atomic mass is 79.9. The summed E-state index contributed by atoms with van der Waals surface area (Å²) in [7, 11) is -0.139. The lowest BCUT2D eigenvalue weighted by Crippen LogP contribution is -2.31. The zero-order valence-electron chi connectivity index (χ0n) is 9.81. The van der Waals surface area contributed by atoms with Crippen molar-refractivity contribution in [3.8, 4) is 0 Å². The Bertz CT molecular complexity index is 448. The molecule has 0 aromatic carbocycles. The normalized spacial score (nSPS) is 14.4. The third-order valence-electron chi connectivity index (χ3n) is 2.27. The van der Waals surface area contributed by atoms with Crippen LogP contribution in [0.15, 0.2) is 11.2 Å². The summed E-state index contributed by atoms with van der Waals surface area (Å²) < 4.78 is 27.1. The number of nitrogens with zero attached hydrogens (tertiary/aromatic N) is 3. The molecule has 0 bridgehead atoms. The van der Waals surface area contributed by atoms with Crippen LogP contribution in [0.5, 0.6) is 0 Å². The van der Waals surface area contributed by atoms with Gasteiger partial charge in [-0.15, -0.1) is 0 Å². The Labute approximate surface area is 105 Å². The van der Waals surface area contributed by atoms with Crippen LogP contribution in [0.3, 0.4) is 0 Å². The van der Waals surface area contributed by atoms with Crippen molar-refractivity contribution in [1.82, 2.24) is 13.9 Å². The number of hydrogen-bond acceptors (Lipinski definition) is 3. The standard InChI is InChI=1S/C9H16BrN3O2S/c1-7(10)5-13(4)16(14,15)9-6-12(3)8(2)11-9/h6-7H,5H2,1-4H3. The Morgan fingerprint density at radius 3 is 2.56 bits per heavy atom. The molecule has 0 saturated heterocycles. The average Bonchev–Trinajstić information content (AvgIpc) is 2.46. The molecule has 0 aliphatic heterocycles. The van der Waals surface area contributed by atoms with Crippen LogP contribution in [0.4, 0.5) is 0 Å². The summed E-state index contributed by atoms with van der Waals surface area (Å²) in [5.41, 5.74) is 0. The van der Waals surface area contributed by atoms with Gasteiger partial charge in [-0.1, -0.05) is 22.9 Å². The minimum Gasteiger partial charge on any atom is -0.337 e. The van der Waals surface area contributed by atoms with E-state index in [4.69, 9.17) is 0 Å². The van der Waals surface area contributed by atoms with E-state index in [1.165, 1.54) is 10.5 Å². The third kappa shape index (κ3) is 2.83. The molecule has 1 atom stereocenters. The van der Waals surface area contributed by atoms with Gasteiger partial charge >= 0.3 is 0 Å². The fourth-order valence-corrected chi connectivity index (χ4v) is 3.17. The van der Waals surface area contributed by atoms with Gasteiger partial charge in [0.05, 0.1) is 0 Å². The topological polar surface area (TPSA) is 55.2 Å². The van der Waals surface area contributed by atoms with Crippen LogP contribution < -0.4 is 0 Å². The van der Waals surface area contributed by atoms with Crippen molar-refractivity contribution in [2.75, 3.05) is 13.6 Å². The smallest absolute Gasteiger partial charge is 0.261 e. The quantitative estimate of drug-likeness (QED) is 0.784. The van der Waals surface area contributed by atoms with Crippen molar-refractivity contribution in [2.24, 2.45) is 7.05 Å². The molecular formula is C9H16BrN3O2S. The summed E-state index contributed by atoms with van der Waals surface area (Å²) in [6.07, 6.45) is 1.53. The van der Waals surface area contributed by atoms with Gasteiger partial charge in [0.25, 0.3) is 10.0 Å². The molecule has 0 fully saturated rings. The summed E-state index contributed by atoms with van der Waals surface area (Å²) in [5.74, 6) is 0.680. The number of halogens is 1. The predicted molar refractivity (Wildman–Crippen MR) is 66.1 cm³/mol. The van der Waals surface area contributed by atoms with E-state index in [1.54, 1.807) is 25.6 Å². The zero-order chi connectivity index (χ0) is 12.5. The molecule has 0 aliphatic rings. The molecule has 5 nitrogen and oxygen atoms in total. The van der Waals surface area contributed by atoms with E-state index in [9.17, 15) is 8.42 Å². The lowest BCUT2D eigenvalue weighted by Gasteiger charge is -2.16. The van der Waals surface area contributed by atoms with Gasteiger partial charge in [0.2, 0.25) is 0 Å². The Balaban J connectivity index is 3.02. The molecule has 0 amide bonds. The van der Waals surface area contributed by atoms with Crippen molar-refractivity contribution < 1.29 is 8.42 Å². The monoisotopic (exact) mass is 309 g/mol. The third-order valence-corrected chi connectivity index (χ3v) is 4.25. The molecule has 0 spiro atoms. The molecule has 0 aliphatic carbocycles. The van der Waals surface area contributed by atoms with E-state index in [2.05, 4.69) is 20.9 Å². The summed E-state index contributed by atoms with van der Waals surface area (Å²) >= 11 is 3.33. The first-order valence-electron chi connectivity index (χ1n) is 4.85. The molecule has 16 heavy (non-hydrogen) atoms. The molecular weight excluding hydrogens is 294 g/mol. The van der Waals surface area contributed by atoms with Gasteiger partial charge in [-0.3, -0.25) is 0 Å². The van der Waals surface area contributed by atoms with Crippen LogP contribution in [0.25, 0.3) is 0 Å². The maximum Gasteiger partial charge on any atom is 0.261 e. The molecule has 1 unspecified atom stereocenters. The van der Waals surface area contributed by atoms with Gasteiger partial charge in [-0.2, -0.15) is 4.31 Å². The SMILES string of the molecule is Cc1nc(S(=O)(=O)N(C)CC(C)Br)cn1C. The molecule has 1 rings (SSSR count). The molecule has 1 aromatic heterocycles. The molecule has 0 saturated carbocycles. The Morgan fingerprint density at radius 2 is 2.19 bits per heavy atom. The minimum atomic E-state index is -3.46.